The van der Waals surface area contributed by atoms with E-state index in [0.29, 0.717) is 24.2 Å². The van der Waals surface area contributed by atoms with Gasteiger partial charge in [-0.05, 0) is 37.5 Å². The first-order valence-corrected chi connectivity index (χ1v) is 8.90. The first-order valence-electron chi connectivity index (χ1n) is 8.90. The smallest absolute Gasteiger partial charge is 0.263 e. The van der Waals surface area contributed by atoms with Crippen molar-refractivity contribution < 1.29 is 13.9 Å². The number of aryl methyl sites for hydroxylation is 1. The van der Waals surface area contributed by atoms with Crippen molar-refractivity contribution in [1.82, 2.24) is 9.47 Å². The third-order valence-corrected chi connectivity index (χ3v) is 5.05. The second-order valence-electron chi connectivity index (χ2n) is 7.05. The number of carbonyl (C=O) groups is 1. The van der Waals surface area contributed by atoms with Gasteiger partial charge in [0.1, 0.15) is 11.4 Å². The highest BCUT2D eigenvalue weighted by Gasteiger charge is 2.35. The fourth-order valence-electron chi connectivity index (χ4n) is 3.23. The lowest BCUT2D eigenvalue weighted by molar-refractivity contribution is -0.0510. The average Bonchev–Trinajstić information content (AvgIpc) is 3.40. The molecule has 2 aromatic rings. The Morgan fingerprint density at radius 2 is 1.96 bits per heavy atom. The second-order valence-corrected chi connectivity index (χ2v) is 7.05. The maximum Gasteiger partial charge on any atom is 0.263 e. The van der Waals surface area contributed by atoms with Crippen molar-refractivity contribution in [2.75, 3.05) is 13.1 Å². The van der Waals surface area contributed by atoms with Gasteiger partial charge in [-0.1, -0.05) is 18.2 Å². The van der Waals surface area contributed by atoms with Crippen molar-refractivity contribution in [1.29, 1.82) is 0 Å². The Labute approximate surface area is 151 Å². The van der Waals surface area contributed by atoms with Crippen LogP contribution in [0.4, 0.5) is 4.39 Å². The maximum atomic E-state index is 13.6. The van der Waals surface area contributed by atoms with Gasteiger partial charge in [0, 0.05) is 30.9 Å². The highest BCUT2D eigenvalue weighted by atomic mass is 19.1. The highest BCUT2D eigenvalue weighted by Crippen LogP contribution is 2.33. The highest BCUT2D eigenvalue weighted by molar-refractivity contribution is 5.95. The van der Waals surface area contributed by atoms with E-state index in [0.717, 1.165) is 12.8 Å². The average molecular weight is 356 g/mol. The summed E-state index contributed by atoms with van der Waals surface area (Å²) < 4.78 is 21.0. The van der Waals surface area contributed by atoms with E-state index in [2.05, 4.69) is 0 Å². The van der Waals surface area contributed by atoms with E-state index in [1.54, 1.807) is 40.8 Å². The number of pyridine rings is 1. The lowest BCUT2D eigenvalue weighted by atomic mass is 10.1. The zero-order valence-corrected chi connectivity index (χ0v) is 14.7. The number of hydrogen-bond donors (Lipinski definition) is 0. The monoisotopic (exact) mass is 356 g/mol. The zero-order chi connectivity index (χ0) is 18.3. The molecule has 0 bridgehead atoms. The normalized spacial score (nSPS) is 17.2. The van der Waals surface area contributed by atoms with Gasteiger partial charge >= 0.3 is 0 Å². The molecule has 1 aromatic carbocycles. The second kappa shape index (κ2) is 6.68. The number of amides is 1. The number of benzene rings is 1. The minimum atomic E-state index is -0.291. The van der Waals surface area contributed by atoms with E-state index in [1.807, 2.05) is 6.07 Å². The van der Waals surface area contributed by atoms with Crippen LogP contribution in [0.1, 0.15) is 40.4 Å². The van der Waals surface area contributed by atoms with E-state index in [4.69, 9.17) is 4.74 Å². The molecule has 6 heteroatoms. The van der Waals surface area contributed by atoms with E-state index >= 15 is 0 Å². The Kier molecular flexibility index (Phi) is 4.36. The fourth-order valence-corrected chi connectivity index (χ4v) is 3.23. The van der Waals surface area contributed by atoms with Crippen molar-refractivity contribution in [3.8, 4) is 0 Å². The molecular formula is C20H21FN2O3. The first-order chi connectivity index (χ1) is 12.5. The summed E-state index contributed by atoms with van der Waals surface area (Å²) in [5, 5.41) is 0. The minimum absolute atomic E-state index is 0.131. The van der Waals surface area contributed by atoms with Gasteiger partial charge < -0.3 is 14.2 Å². The number of aromatic nitrogens is 1. The van der Waals surface area contributed by atoms with Gasteiger partial charge in [-0.25, -0.2) is 4.39 Å². The molecule has 4 rings (SSSR count). The largest absolute Gasteiger partial charge is 0.370 e. The van der Waals surface area contributed by atoms with Crippen molar-refractivity contribution in [3.63, 3.8) is 0 Å². The molecule has 0 spiro atoms. The van der Waals surface area contributed by atoms with Crippen LogP contribution in [0, 0.1) is 12.7 Å². The summed E-state index contributed by atoms with van der Waals surface area (Å²) in [6.45, 7) is 2.81. The summed E-state index contributed by atoms with van der Waals surface area (Å²) in [7, 11) is 0. The van der Waals surface area contributed by atoms with Gasteiger partial charge in [0.15, 0.2) is 0 Å². The Morgan fingerprint density at radius 1 is 1.23 bits per heavy atom. The molecule has 5 nitrogen and oxygen atoms in total. The zero-order valence-electron chi connectivity index (χ0n) is 14.7. The summed E-state index contributed by atoms with van der Waals surface area (Å²) >= 11 is 0. The standard InChI is InChI=1S/C20H21FN2O3/c1-13-8-9-23(15-6-7-15)20(25)18(13)19(24)22-10-16(11-22)26-12-14-4-2-3-5-17(14)21/h2-5,8-9,15-16H,6-7,10-12H2,1H3. The fraction of sp³-hybridized carbons (Fsp3) is 0.400. The van der Waals surface area contributed by atoms with Crippen LogP contribution in [0.2, 0.25) is 0 Å². The molecule has 136 valence electrons. The van der Waals surface area contributed by atoms with Crippen LogP contribution in [-0.4, -0.2) is 34.6 Å². The van der Waals surface area contributed by atoms with Crippen molar-refractivity contribution >= 4 is 5.91 Å². The molecule has 0 radical (unpaired) electrons. The predicted octanol–water partition coefficient (Wildman–Crippen LogP) is 2.67. The van der Waals surface area contributed by atoms with Gasteiger partial charge in [0.25, 0.3) is 11.5 Å². The van der Waals surface area contributed by atoms with Crippen LogP contribution in [0.25, 0.3) is 0 Å². The van der Waals surface area contributed by atoms with Crippen LogP contribution in [0.15, 0.2) is 41.3 Å². The molecule has 1 aliphatic carbocycles. The van der Waals surface area contributed by atoms with Gasteiger partial charge in [-0.3, -0.25) is 9.59 Å². The number of likely N-dealkylation sites (tertiary alicyclic amines) is 1. The predicted molar refractivity (Wildman–Crippen MR) is 94.6 cm³/mol. The van der Waals surface area contributed by atoms with Crippen LogP contribution in [0.5, 0.6) is 0 Å². The summed E-state index contributed by atoms with van der Waals surface area (Å²) in [5.74, 6) is -0.534. The number of nitrogens with zero attached hydrogens (tertiary/aromatic N) is 2. The van der Waals surface area contributed by atoms with Gasteiger partial charge in [0.2, 0.25) is 0 Å². The van der Waals surface area contributed by atoms with Crippen molar-refractivity contribution in [3.05, 3.63) is 69.4 Å². The number of ether oxygens (including phenoxy) is 1. The molecule has 1 amide bonds. The molecule has 1 aliphatic heterocycles. The molecule has 0 unspecified atom stereocenters. The summed E-state index contributed by atoms with van der Waals surface area (Å²) in [6, 6.07) is 8.56. The summed E-state index contributed by atoms with van der Waals surface area (Å²) in [6.07, 6.45) is 3.63. The van der Waals surface area contributed by atoms with Gasteiger partial charge in [-0.2, -0.15) is 0 Å². The van der Waals surface area contributed by atoms with Crippen LogP contribution < -0.4 is 5.56 Å². The van der Waals surface area contributed by atoms with E-state index in [-0.39, 0.29) is 41.6 Å². The lowest BCUT2D eigenvalue weighted by Crippen LogP contribution is -2.55. The number of halogens is 1. The molecule has 2 aliphatic rings. The van der Waals surface area contributed by atoms with Crippen LogP contribution in [0.3, 0.4) is 0 Å². The van der Waals surface area contributed by atoms with E-state index in [1.165, 1.54) is 6.07 Å². The molecule has 2 fully saturated rings. The Morgan fingerprint density at radius 3 is 2.65 bits per heavy atom. The third kappa shape index (κ3) is 3.17. The Bertz CT molecular complexity index is 898. The van der Waals surface area contributed by atoms with Gasteiger partial charge in [-0.15, -0.1) is 0 Å². The molecule has 0 atom stereocenters. The first kappa shape index (κ1) is 17.0. The number of carbonyl (C=O) groups excluding carboxylic acids is 1. The van der Waals surface area contributed by atoms with Crippen molar-refractivity contribution in [2.24, 2.45) is 0 Å². The molecule has 1 aromatic heterocycles. The Balaban J connectivity index is 1.39. The van der Waals surface area contributed by atoms with Crippen molar-refractivity contribution in [2.45, 2.75) is 38.5 Å². The summed E-state index contributed by atoms with van der Waals surface area (Å²) in [4.78, 5) is 27.0. The van der Waals surface area contributed by atoms with Gasteiger partial charge in [0.05, 0.1) is 12.7 Å². The third-order valence-electron chi connectivity index (χ3n) is 5.05. The Hall–Kier alpha value is -2.47. The van der Waals surface area contributed by atoms with Crippen LogP contribution >= 0.6 is 0 Å². The molecule has 1 saturated heterocycles. The quantitative estimate of drug-likeness (QED) is 0.828. The molecular weight excluding hydrogens is 335 g/mol. The van der Waals surface area contributed by atoms with E-state index < -0.39 is 0 Å². The molecule has 2 heterocycles. The molecule has 26 heavy (non-hydrogen) atoms. The SMILES string of the molecule is Cc1ccn(C2CC2)c(=O)c1C(=O)N1CC(OCc2ccccc2F)C1. The number of hydrogen-bond acceptors (Lipinski definition) is 3. The van der Waals surface area contributed by atoms with E-state index in [9.17, 15) is 14.0 Å². The van der Waals surface area contributed by atoms with Crippen LogP contribution in [-0.2, 0) is 11.3 Å². The topological polar surface area (TPSA) is 51.5 Å². The summed E-state index contributed by atoms with van der Waals surface area (Å²) in [5.41, 5.74) is 1.26. The minimum Gasteiger partial charge on any atom is -0.370 e. The number of rotatable bonds is 5. The lowest BCUT2D eigenvalue weighted by Gasteiger charge is -2.39. The maximum absolute atomic E-state index is 13.6. The molecule has 0 N–H and O–H groups in total. The molecule has 1 saturated carbocycles.